The zero-order chi connectivity index (χ0) is 6.85. The van der Waals surface area contributed by atoms with Gasteiger partial charge in [0.1, 0.15) is 0 Å². The van der Waals surface area contributed by atoms with Crippen LogP contribution in [-0.4, -0.2) is 0 Å². The quantitative estimate of drug-likeness (QED) is 0.322. The fourth-order valence-corrected chi connectivity index (χ4v) is 0.819. The van der Waals surface area contributed by atoms with Gasteiger partial charge in [-0.1, -0.05) is 20.8 Å². The largest absolute Gasteiger partial charge is 1.00 e. The standard InChI is InChI=1S/C9H11.Li/c1-7-5-4-6-8(2)9(7)3;/h5-6H,1-3H3;/q-1;+1. The third-order valence-corrected chi connectivity index (χ3v) is 1.78. The molecule has 10 heavy (non-hydrogen) atoms. The van der Waals surface area contributed by atoms with Crippen molar-refractivity contribution in [2.45, 2.75) is 20.8 Å². The smallest absolute Gasteiger partial charge is 0.183 e. The van der Waals surface area contributed by atoms with Gasteiger partial charge in [-0.3, -0.25) is 0 Å². The van der Waals surface area contributed by atoms with E-state index in [0.717, 1.165) is 0 Å². The van der Waals surface area contributed by atoms with Gasteiger partial charge in [-0.2, -0.15) is 34.9 Å². The second kappa shape index (κ2) is 3.86. The third-order valence-electron chi connectivity index (χ3n) is 1.78. The first-order valence-corrected chi connectivity index (χ1v) is 3.15. The second-order valence-electron chi connectivity index (χ2n) is 2.45. The molecule has 1 aromatic carbocycles. The fourth-order valence-electron chi connectivity index (χ4n) is 0.819. The average molecular weight is 126 g/mol. The summed E-state index contributed by atoms with van der Waals surface area (Å²) in [6.45, 7) is 6.36. The van der Waals surface area contributed by atoms with Crippen LogP contribution in [0.3, 0.4) is 0 Å². The summed E-state index contributed by atoms with van der Waals surface area (Å²) >= 11 is 0. The van der Waals surface area contributed by atoms with E-state index in [0.29, 0.717) is 0 Å². The molecule has 0 saturated carbocycles. The van der Waals surface area contributed by atoms with E-state index in [9.17, 15) is 0 Å². The molecule has 0 bridgehead atoms. The van der Waals surface area contributed by atoms with Crippen molar-refractivity contribution in [2.75, 3.05) is 0 Å². The minimum atomic E-state index is 0. The summed E-state index contributed by atoms with van der Waals surface area (Å²) in [5.41, 5.74) is 4.04. The van der Waals surface area contributed by atoms with Crippen LogP contribution in [0.4, 0.5) is 0 Å². The Labute approximate surface area is 74.8 Å². The van der Waals surface area contributed by atoms with Gasteiger partial charge in [-0.05, 0) is 0 Å². The van der Waals surface area contributed by atoms with Gasteiger partial charge >= 0.3 is 18.9 Å². The second-order valence-corrected chi connectivity index (χ2v) is 2.45. The Morgan fingerprint density at radius 3 is 1.70 bits per heavy atom. The summed E-state index contributed by atoms with van der Waals surface area (Å²) in [6, 6.07) is 7.10. The molecule has 0 nitrogen and oxygen atoms in total. The summed E-state index contributed by atoms with van der Waals surface area (Å²) in [4.78, 5) is 0. The maximum absolute atomic E-state index is 3.07. The molecule has 0 N–H and O–H groups in total. The van der Waals surface area contributed by atoms with Crippen molar-refractivity contribution in [3.63, 3.8) is 0 Å². The van der Waals surface area contributed by atoms with Crippen LogP contribution < -0.4 is 18.9 Å². The van der Waals surface area contributed by atoms with E-state index in [4.69, 9.17) is 0 Å². The van der Waals surface area contributed by atoms with E-state index in [2.05, 4.69) is 26.8 Å². The Morgan fingerprint density at radius 2 is 1.40 bits per heavy atom. The third kappa shape index (κ3) is 1.90. The summed E-state index contributed by atoms with van der Waals surface area (Å²) in [5, 5.41) is 0. The van der Waals surface area contributed by atoms with Crippen LogP contribution in [0.15, 0.2) is 12.1 Å². The predicted octanol–water partition coefficient (Wildman–Crippen LogP) is -0.584. The number of hydrogen-bond acceptors (Lipinski definition) is 0. The predicted molar refractivity (Wildman–Crippen MR) is 39.5 cm³/mol. The summed E-state index contributed by atoms with van der Waals surface area (Å²) in [6.07, 6.45) is 0. The van der Waals surface area contributed by atoms with Gasteiger partial charge in [0, 0.05) is 0 Å². The molecule has 0 heterocycles. The van der Waals surface area contributed by atoms with E-state index in [1.54, 1.807) is 0 Å². The van der Waals surface area contributed by atoms with Gasteiger partial charge in [-0.15, -0.1) is 0 Å². The molecule has 0 unspecified atom stereocenters. The maximum atomic E-state index is 3.07. The van der Waals surface area contributed by atoms with Crippen molar-refractivity contribution < 1.29 is 18.9 Å². The molecular formula is C9H11Li. The molecule has 0 radical (unpaired) electrons. The molecule has 0 atom stereocenters. The molecule has 0 fully saturated rings. The van der Waals surface area contributed by atoms with Crippen LogP contribution in [0, 0.1) is 26.8 Å². The fraction of sp³-hybridized carbons (Fsp3) is 0.333. The maximum Gasteiger partial charge on any atom is 1.00 e. The molecule has 0 aliphatic heterocycles. The molecule has 1 heteroatoms. The molecule has 0 aromatic heterocycles. The molecule has 48 valence electrons. The Balaban J connectivity index is 0.000000810. The van der Waals surface area contributed by atoms with Crippen LogP contribution >= 0.6 is 0 Å². The van der Waals surface area contributed by atoms with Crippen molar-refractivity contribution in [1.82, 2.24) is 0 Å². The normalized spacial score (nSPS) is 8.70. The molecule has 0 aliphatic carbocycles. The SMILES string of the molecule is Cc1c[c-]cc(C)c1C.[Li+]. The van der Waals surface area contributed by atoms with E-state index < -0.39 is 0 Å². The minimum absolute atomic E-state index is 0. The molecule has 0 amide bonds. The monoisotopic (exact) mass is 126 g/mol. The Hall–Kier alpha value is -0.183. The number of rotatable bonds is 0. The molecule has 0 aliphatic rings. The first-order chi connectivity index (χ1) is 4.22. The van der Waals surface area contributed by atoms with Crippen molar-refractivity contribution in [3.8, 4) is 0 Å². The number of aryl methyl sites for hydroxylation is 2. The van der Waals surface area contributed by atoms with E-state index in [-0.39, 0.29) is 18.9 Å². The van der Waals surface area contributed by atoms with E-state index in [1.807, 2.05) is 12.1 Å². The zero-order valence-electron chi connectivity index (χ0n) is 7.15. The molecule has 1 rings (SSSR count). The Kier molecular flexibility index (Phi) is 3.79. The summed E-state index contributed by atoms with van der Waals surface area (Å²) < 4.78 is 0. The first kappa shape index (κ1) is 9.82. The average Bonchev–Trinajstić information content (AvgIpc) is 1.83. The topological polar surface area (TPSA) is 0 Å². The van der Waals surface area contributed by atoms with Gasteiger partial charge in [0.15, 0.2) is 0 Å². The van der Waals surface area contributed by atoms with Crippen molar-refractivity contribution in [3.05, 3.63) is 34.9 Å². The van der Waals surface area contributed by atoms with Crippen molar-refractivity contribution in [2.24, 2.45) is 0 Å². The van der Waals surface area contributed by atoms with E-state index >= 15 is 0 Å². The van der Waals surface area contributed by atoms with E-state index in [1.165, 1.54) is 16.7 Å². The number of benzene rings is 1. The van der Waals surface area contributed by atoms with Crippen LogP contribution in [0.2, 0.25) is 0 Å². The van der Waals surface area contributed by atoms with Crippen molar-refractivity contribution >= 4 is 0 Å². The Morgan fingerprint density at radius 1 is 1.00 bits per heavy atom. The Bertz CT molecular complexity index is 196. The molecule has 0 saturated heterocycles. The zero-order valence-corrected chi connectivity index (χ0v) is 7.15. The summed E-state index contributed by atoms with van der Waals surface area (Å²) in [7, 11) is 0. The molecular weight excluding hydrogens is 115 g/mol. The van der Waals surface area contributed by atoms with Gasteiger partial charge in [-0.25, -0.2) is 0 Å². The van der Waals surface area contributed by atoms with Crippen LogP contribution in [0.1, 0.15) is 16.7 Å². The minimum Gasteiger partial charge on any atom is -0.183 e. The molecule has 1 aromatic rings. The van der Waals surface area contributed by atoms with Crippen LogP contribution in [0.25, 0.3) is 0 Å². The first-order valence-electron chi connectivity index (χ1n) is 3.15. The van der Waals surface area contributed by atoms with Crippen LogP contribution in [-0.2, 0) is 0 Å². The van der Waals surface area contributed by atoms with Crippen LogP contribution in [0.5, 0.6) is 0 Å². The summed E-state index contributed by atoms with van der Waals surface area (Å²) in [5.74, 6) is 0. The number of hydrogen-bond donors (Lipinski definition) is 0. The van der Waals surface area contributed by atoms with Crippen molar-refractivity contribution in [1.29, 1.82) is 0 Å². The van der Waals surface area contributed by atoms with Gasteiger partial charge in [0.25, 0.3) is 0 Å². The van der Waals surface area contributed by atoms with Gasteiger partial charge in [0.2, 0.25) is 0 Å². The molecule has 0 spiro atoms. The van der Waals surface area contributed by atoms with Gasteiger partial charge < -0.3 is 0 Å². The van der Waals surface area contributed by atoms with Gasteiger partial charge in [0.05, 0.1) is 0 Å².